The molecular formula is C23H21NO3S. The predicted octanol–water partition coefficient (Wildman–Crippen LogP) is 5.51. The van der Waals surface area contributed by atoms with Crippen molar-refractivity contribution in [3.63, 3.8) is 0 Å². The van der Waals surface area contributed by atoms with Gasteiger partial charge in [-0.05, 0) is 43.0 Å². The minimum atomic E-state index is -0.969. The van der Waals surface area contributed by atoms with E-state index in [-0.39, 0.29) is 16.7 Å². The summed E-state index contributed by atoms with van der Waals surface area (Å²) in [4.78, 5) is 25.7. The van der Waals surface area contributed by atoms with E-state index in [9.17, 15) is 14.7 Å². The van der Waals surface area contributed by atoms with Crippen LogP contribution in [0.4, 0.5) is 5.69 Å². The molecule has 0 spiro atoms. The van der Waals surface area contributed by atoms with E-state index < -0.39 is 5.97 Å². The summed E-state index contributed by atoms with van der Waals surface area (Å²) < 4.78 is 0. The van der Waals surface area contributed by atoms with Crippen LogP contribution in [0.15, 0.2) is 42.5 Å². The summed E-state index contributed by atoms with van der Waals surface area (Å²) in [6, 6.07) is 13.9. The number of hydrogen-bond donors (Lipinski definition) is 2. The van der Waals surface area contributed by atoms with E-state index in [1.54, 1.807) is 0 Å². The first kappa shape index (κ1) is 18.4. The molecule has 5 heteroatoms. The van der Waals surface area contributed by atoms with Crippen molar-refractivity contribution in [1.29, 1.82) is 0 Å². The Balaban J connectivity index is 1.93. The zero-order valence-electron chi connectivity index (χ0n) is 16.0. The summed E-state index contributed by atoms with van der Waals surface area (Å²) in [6.45, 7) is 6.10. The molecule has 142 valence electrons. The van der Waals surface area contributed by atoms with Crippen molar-refractivity contribution in [2.45, 2.75) is 33.1 Å². The average Bonchev–Trinajstić information content (AvgIpc) is 3.03. The van der Waals surface area contributed by atoms with Gasteiger partial charge in [0.25, 0.3) is 0 Å². The van der Waals surface area contributed by atoms with E-state index in [1.165, 1.54) is 22.5 Å². The molecule has 2 aromatic carbocycles. The first-order valence-electron chi connectivity index (χ1n) is 9.19. The Bertz CT molecular complexity index is 1100. The lowest BCUT2D eigenvalue weighted by atomic mass is 9.87. The number of carboxylic acids is 1. The summed E-state index contributed by atoms with van der Waals surface area (Å²) in [5.74, 6) is -1.19. The molecule has 2 N–H and O–H groups in total. The third-order valence-electron chi connectivity index (χ3n) is 5.37. The Morgan fingerprint density at radius 1 is 1.07 bits per heavy atom. The highest BCUT2D eigenvalue weighted by Crippen LogP contribution is 2.49. The third-order valence-corrected chi connectivity index (χ3v) is 6.67. The lowest BCUT2D eigenvalue weighted by Gasteiger charge is -2.24. The zero-order valence-corrected chi connectivity index (χ0v) is 16.8. The van der Waals surface area contributed by atoms with Crippen LogP contribution >= 0.6 is 11.3 Å². The van der Waals surface area contributed by atoms with Crippen LogP contribution in [0.3, 0.4) is 0 Å². The lowest BCUT2D eigenvalue weighted by molar-refractivity contribution is -0.116. The summed E-state index contributed by atoms with van der Waals surface area (Å²) in [6.07, 6.45) is 0.322. The van der Waals surface area contributed by atoms with Crippen molar-refractivity contribution < 1.29 is 14.7 Å². The van der Waals surface area contributed by atoms with E-state index in [2.05, 4.69) is 31.3 Å². The lowest BCUT2D eigenvalue weighted by Crippen LogP contribution is -2.22. The zero-order chi connectivity index (χ0) is 20.0. The maximum atomic E-state index is 12.5. The van der Waals surface area contributed by atoms with Gasteiger partial charge in [0, 0.05) is 22.8 Å². The average molecular weight is 391 g/mol. The molecule has 0 unspecified atom stereocenters. The number of nitrogens with one attached hydrogen (secondary N) is 1. The molecule has 0 saturated carbocycles. The van der Waals surface area contributed by atoms with Crippen LogP contribution in [0.2, 0.25) is 0 Å². The minimum Gasteiger partial charge on any atom is -0.477 e. The van der Waals surface area contributed by atoms with Crippen molar-refractivity contribution in [2.75, 3.05) is 5.32 Å². The number of carbonyl (C=O) groups is 2. The van der Waals surface area contributed by atoms with Crippen LogP contribution in [-0.2, 0) is 4.79 Å². The second-order valence-corrected chi connectivity index (χ2v) is 8.42. The highest BCUT2D eigenvalue weighted by atomic mass is 32.1. The predicted molar refractivity (Wildman–Crippen MR) is 112 cm³/mol. The van der Waals surface area contributed by atoms with Crippen LogP contribution < -0.4 is 5.32 Å². The molecule has 4 rings (SSSR count). The number of anilines is 1. The number of carbonyl (C=O) groups excluding carboxylic acids is 1. The van der Waals surface area contributed by atoms with Crippen molar-refractivity contribution in [3.05, 3.63) is 74.5 Å². The Morgan fingerprint density at radius 2 is 1.79 bits per heavy atom. The molecule has 1 atom stereocenters. The number of rotatable bonds is 3. The minimum absolute atomic E-state index is 0.0844. The van der Waals surface area contributed by atoms with E-state index in [1.807, 2.05) is 37.3 Å². The van der Waals surface area contributed by atoms with E-state index in [4.69, 9.17) is 0 Å². The number of aromatic carboxylic acids is 1. The fraction of sp³-hybridized carbons (Fsp3) is 0.217. The maximum Gasteiger partial charge on any atom is 0.346 e. The summed E-state index contributed by atoms with van der Waals surface area (Å²) in [7, 11) is 0. The van der Waals surface area contributed by atoms with Crippen molar-refractivity contribution in [3.8, 4) is 11.1 Å². The molecule has 1 aliphatic rings. The number of benzene rings is 2. The van der Waals surface area contributed by atoms with Gasteiger partial charge >= 0.3 is 5.97 Å². The largest absolute Gasteiger partial charge is 0.477 e. The molecule has 1 amide bonds. The third kappa shape index (κ3) is 3.12. The molecule has 2 heterocycles. The quantitative estimate of drug-likeness (QED) is 0.618. The second-order valence-electron chi connectivity index (χ2n) is 7.37. The molecule has 28 heavy (non-hydrogen) atoms. The van der Waals surface area contributed by atoms with Gasteiger partial charge in [-0.25, -0.2) is 4.79 Å². The van der Waals surface area contributed by atoms with Gasteiger partial charge in [0.1, 0.15) is 4.88 Å². The first-order chi connectivity index (χ1) is 13.3. The van der Waals surface area contributed by atoms with Gasteiger partial charge in [-0.3, -0.25) is 4.79 Å². The fourth-order valence-corrected chi connectivity index (χ4v) is 4.93. The second kappa shape index (κ2) is 6.91. The van der Waals surface area contributed by atoms with Crippen LogP contribution in [0, 0.1) is 20.8 Å². The Kier molecular flexibility index (Phi) is 4.55. The number of amides is 1. The highest BCUT2D eigenvalue weighted by molar-refractivity contribution is 7.15. The molecule has 3 aromatic rings. The van der Waals surface area contributed by atoms with Crippen LogP contribution in [0.1, 0.15) is 49.1 Å². The van der Waals surface area contributed by atoms with Crippen molar-refractivity contribution >= 4 is 28.9 Å². The topological polar surface area (TPSA) is 66.4 Å². The Hall–Kier alpha value is -2.92. The van der Waals surface area contributed by atoms with Crippen LogP contribution in [-0.4, -0.2) is 17.0 Å². The number of carboxylic acid groups (broad SMARTS) is 1. The smallest absolute Gasteiger partial charge is 0.346 e. The van der Waals surface area contributed by atoms with Crippen LogP contribution in [0.5, 0.6) is 0 Å². The van der Waals surface area contributed by atoms with E-state index >= 15 is 0 Å². The molecule has 0 aliphatic carbocycles. The van der Waals surface area contributed by atoms with E-state index in [0.29, 0.717) is 17.7 Å². The standard InChI is InChI=1S/C23H21NO3S/c1-12-4-7-15(8-5-12)19-20-21(28-22(19)23(26)27)17(11-18(25)24-20)16-9-6-13(2)14(3)10-16/h4-10,17H,11H2,1-3H3,(H,24,25)(H,26,27)/t17-/m1/s1. The van der Waals surface area contributed by atoms with Gasteiger partial charge < -0.3 is 10.4 Å². The van der Waals surface area contributed by atoms with Crippen LogP contribution in [0.25, 0.3) is 11.1 Å². The SMILES string of the molecule is Cc1ccc(-c2c(C(=O)O)sc3c2NC(=O)C[C@@H]3c2ccc(C)c(C)c2)cc1. The number of hydrogen-bond acceptors (Lipinski definition) is 3. The van der Waals surface area contributed by atoms with Crippen molar-refractivity contribution in [2.24, 2.45) is 0 Å². The maximum absolute atomic E-state index is 12.5. The van der Waals surface area contributed by atoms with Gasteiger partial charge in [-0.15, -0.1) is 11.3 Å². The molecular weight excluding hydrogens is 370 g/mol. The molecule has 1 aromatic heterocycles. The molecule has 0 fully saturated rings. The Labute approximate surface area is 167 Å². The monoisotopic (exact) mass is 391 g/mol. The highest BCUT2D eigenvalue weighted by Gasteiger charge is 2.34. The van der Waals surface area contributed by atoms with Gasteiger partial charge in [0.05, 0.1) is 5.69 Å². The number of thiophene rings is 1. The number of aryl methyl sites for hydroxylation is 3. The summed E-state index contributed by atoms with van der Waals surface area (Å²) in [5.41, 5.74) is 6.57. The van der Waals surface area contributed by atoms with E-state index in [0.717, 1.165) is 21.6 Å². The normalized spacial score (nSPS) is 15.8. The van der Waals surface area contributed by atoms with Crippen molar-refractivity contribution in [1.82, 2.24) is 0 Å². The fourth-order valence-electron chi connectivity index (χ4n) is 3.68. The van der Waals surface area contributed by atoms with Gasteiger partial charge in [0.15, 0.2) is 0 Å². The first-order valence-corrected chi connectivity index (χ1v) is 10.0. The summed E-state index contributed by atoms with van der Waals surface area (Å²) >= 11 is 1.27. The molecule has 1 aliphatic heterocycles. The molecule has 0 saturated heterocycles. The molecule has 0 bridgehead atoms. The number of fused-ring (bicyclic) bond motifs is 1. The van der Waals surface area contributed by atoms with Gasteiger partial charge in [0.2, 0.25) is 5.91 Å². The Morgan fingerprint density at radius 3 is 2.43 bits per heavy atom. The van der Waals surface area contributed by atoms with Gasteiger partial charge in [-0.1, -0.05) is 48.0 Å². The van der Waals surface area contributed by atoms with Gasteiger partial charge in [-0.2, -0.15) is 0 Å². The summed E-state index contributed by atoms with van der Waals surface area (Å²) in [5, 5.41) is 12.8. The molecule has 4 nitrogen and oxygen atoms in total. The molecule has 0 radical (unpaired) electrons.